The van der Waals surface area contributed by atoms with E-state index in [0.29, 0.717) is 48.2 Å². The summed E-state index contributed by atoms with van der Waals surface area (Å²) in [5.74, 6) is 0.542. The molecule has 3 amide bonds. The lowest BCUT2D eigenvalue weighted by Crippen LogP contribution is -2.35. The van der Waals surface area contributed by atoms with Gasteiger partial charge in [0.2, 0.25) is 0 Å². The predicted molar refractivity (Wildman–Crippen MR) is 145 cm³/mol. The molecule has 3 N–H and O–H groups in total. The Labute approximate surface area is 231 Å². The van der Waals surface area contributed by atoms with Crippen molar-refractivity contribution in [1.82, 2.24) is 10.2 Å². The van der Waals surface area contributed by atoms with Crippen molar-refractivity contribution >= 4 is 23.7 Å². The molecule has 2 aromatic carbocycles. The summed E-state index contributed by atoms with van der Waals surface area (Å²) in [4.78, 5) is 42.4. The number of nitrogens with two attached hydrogens (primary N) is 1. The number of nitrogens with zero attached hydrogens (tertiary/aromatic N) is 2. The lowest BCUT2D eigenvalue weighted by Gasteiger charge is -2.25. The molecule has 0 bridgehead atoms. The second-order valence-corrected chi connectivity index (χ2v) is 10.2. The highest BCUT2D eigenvalue weighted by Gasteiger charge is 2.24. The maximum absolute atomic E-state index is 13.0. The smallest absolute Gasteiger partial charge is 0.411 e. The molecule has 2 aromatic rings. The largest absolute Gasteiger partial charge is 0.488 e. The molecule has 0 radical (unpaired) electrons. The zero-order chi connectivity index (χ0) is 28.9. The molecule has 1 saturated heterocycles. The number of carbonyl (C=O) groups is 3. The molecule has 2 aliphatic heterocycles. The van der Waals surface area contributed by atoms with Crippen LogP contribution in [0.2, 0.25) is 0 Å². The number of fused-ring (bicyclic) bond motifs is 1. The van der Waals surface area contributed by atoms with E-state index >= 15 is 0 Å². The Hall–Kier alpha value is -4.58. The number of hydrogen-bond donors (Lipinski definition) is 2. The maximum Gasteiger partial charge on any atom is 0.411 e. The fraction of sp³-hybridized carbons (Fsp3) is 0.357. The highest BCUT2D eigenvalue weighted by molar-refractivity contribution is 6.06. The molecule has 0 aliphatic carbocycles. The molecule has 40 heavy (non-hydrogen) atoms. The van der Waals surface area contributed by atoms with Crippen LogP contribution in [0, 0.1) is 0 Å². The first kappa shape index (κ1) is 28.4. The van der Waals surface area contributed by atoms with Crippen LogP contribution in [-0.4, -0.2) is 67.3 Å². The minimum Gasteiger partial charge on any atom is -0.488 e. The minimum absolute atomic E-state index is 0.127. The number of amidine groups is 1. The summed E-state index contributed by atoms with van der Waals surface area (Å²) < 4.78 is 28.2. The molecule has 1 fully saturated rings. The van der Waals surface area contributed by atoms with Gasteiger partial charge < -0.3 is 34.3 Å². The molecular weight excluding hydrogens is 520 g/mol. The normalized spacial score (nSPS) is 17.3. The van der Waals surface area contributed by atoms with Crippen LogP contribution in [-0.2, 0) is 9.47 Å². The average molecular weight is 553 g/mol. The van der Waals surface area contributed by atoms with Crippen molar-refractivity contribution in [3.8, 4) is 23.0 Å². The second-order valence-electron chi connectivity index (χ2n) is 10.2. The van der Waals surface area contributed by atoms with Crippen molar-refractivity contribution in [2.24, 2.45) is 10.7 Å². The Morgan fingerprint density at radius 1 is 1.15 bits per heavy atom. The zero-order valence-electron chi connectivity index (χ0n) is 22.8. The molecule has 1 unspecified atom stereocenters. The number of rotatable bonds is 7. The molecule has 2 aliphatic rings. The van der Waals surface area contributed by atoms with Crippen LogP contribution < -0.4 is 25.3 Å². The van der Waals surface area contributed by atoms with E-state index in [4.69, 9.17) is 29.4 Å². The van der Waals surface area contributed by atoms with Gasteiger partial charge >= 0.3 is 6.09 Å². The van der Waals surface area contributed by atoms with E-state index < -0.39 is 17.6 Å². The first-order chi connectivity index (χ1) is 19.0. The van der Waals surface area contributed by atoms with Crippen molar-refractivity contribution in [1.29, 1.82) is 0 Å². The van der Waals surface area contributed by atoms with Gasteiger partial charge in [-0.15, -0.1) is 0 Å². The fourth-order valence-corrected chi connectivity index (χ4v) is 3.77. The number of aliphatic imine (C=N–C) groups is 1. The first-order valence-corrected chi connectivity index (χ1v) is 12.6. The molecule has 2 heterocycles. The summed E-state index contributed by atoms with van der Waals surface area (Å²) in [6.07, 6.45) is 2.36. The van der Waals surface area contributed by atoms with Gasteiger partial charge in [0, 0.05) is 37.4 Å². The van der Waals surface area contributed by atoms with Crippen LogP contribution in [0.25, 0.3) is 0 Å². The Morgan fingerprint density at radius 3 is 2.65 bits per heavy atom. The van der Waals surface area contributed by atoms with Crippen LogP contribution in [0.3, 0.4) is 0 Å². The number of amides is 3. The molecule has 12 nitrogen and oxygen atoms in total. The predicted octanol–water partition coefficient (Wildman–Crippen LogP) is 3.60. The molecule has 12 heteroatoms. The molecule has 0 saturated carbocycles. The van der Waals surface area contributed by atoms with Crippen LogP contribution in [0.4, 0.5) is 4.79 Å². The van der Waals surface area contributed by atoms with Crippen molar-refractivity contribution in [3.63, 3.8) is 0 Å². The monoisotopic (exact) mass is 552 g/mol. The minimum atomic E-state index is -0.672. The number of nitrogens with one attached hydrogen (secondary N) is 1. The van der Waals surface area contributed by atoms with E-state index in [2.05, 4.69) is 10.3 Å². The topological polar surface area (TPSA) is 151 Å². The summed E-state index contributed by atoms with van der Waals surface area (Å²) >= 11 is 0. The van der Waals surface area contributed by atoms with Crippen molar-refractivity contribution in [2.45, 2.75) is 38.9 Å². The van der Waals surface area contributed by atoms with E-state index in [9.17, 15) is 14.4 Å². The third kappa shape index (κ3) is 7.73. The van der Waals surface area contributed by atoms with Crippen molar-refractivity contribution < 1.29 is 38.1 Å². The third-order valence-corrected chi connectivity index (χ3v) is 5.58. The van der Waals surface area contributed by atoms with Gasteiger partial charge in [0.25, 0.3) is 11.8 Å². The van der Waals surface area contributed by atoms with Crippen molar-refractivity contribution in [2.75, 3.05) is 27.0 Å². The van der Waals surface area contributed by atoms with Gasteiger partial charge in [0.05, 0.1) is 18.8 Å². The Kier molecular flexibility index (Phi) is 8.58. The van der Waals surface area contributed by atoms with Crippen LogP contribution in [0.1, 0.15) is 47.9 Å². The number of alkyl carbamates (subject to hydrolysis) is 1. The Balaban J connectivity index is 1.53. The van der Waals surface area contributed by atoms with E-state index in [0.717, 1.165) is 0 Å². The molecule has 0 aromatic heterocycles. The fourth-order valence-electron chi connectivity index (χ4n) is 3.77. The van der Waals surface area contributed by atoms with Crippen LogP contribution >= 0.6 is 0 Å². The maximum atomic E-state index is 13.0. The quantitative estimate of drug-likeness (QED) is 0.388. The molecule has 4 rings (SSSR count). The van der Waals surface area contributed by atoms with Gasteiger partial charge in [0.15, 0.2) is 6.73 Å². The lowest BCUT2D eigenvalue weighted by atomic mass is 10.1. The van der Waals surface area contributed by atoms with Gasteiger partial charge in [0.1, 0.15) is 40.5 Å². The zero-order valence-corrected chi connectivity index (χ0v) is 22.8. The molecule has 1 atom stereocenters. The third-order valence-electron chi connectivity index (χ3n) is 5.58. The number of carbonyl (C=O) groups excluding carboxylic acids is 3. The second kappa shape index (κ2) is 12.1. The summed E-state index contributed by atoms with van der Waals surface area (Å²) in [7, 11) is 1.65. The lowest BCUT2D eigenvalue weighted by molar-refractivity contribution is 0.0550. The Morgan fingerprint density at radius 2 is 1.93 bits per heavy atom. The van der Waals surface area contributed by atoms with Gasteiger partial charge in [-0.05, 0) is 51.1 Å². The van der Waals surface area contributed by atoms with Gasteiger partial charge in [-0.1, -0.05) is 0 Å². The van der Waals surface area contributed by atoms with E-state index in [1.807, 2.05) is 0 Å². The number of ether oxygens (including phenoxy) is 5. The van der Waals surface area contributed by atoms with Gasteiger partial charge in [-0.25, -0.2) is 4.79 Å². The van der Waals surface area contributed by atoms with Crippen LogP contribution in [0.5, 0.6) is 23.0 Å². The van der Waals surface area contributed by atoms with Crippen molar-refractivity contribution in [3.05, 3.63) is 59.8 Å². The summed E-state index contributed by atoms with van der Waals surface area (Å²) in [5.41, 5.74) is 5.79. The van der Waals surface area contributed by atoms with E-state index in [-0.39, 0.29) is 30.1 Å². The van der Waals surface area contributed by atoms with E-state index in [1.54, 1.807) is 52.1 Å². The molecule has 0 spiro atoms. The highest BCUT2D eigenvalue weighted by Crippen LogP contribution is 2.33. The van der Waals surface area contributed by atoms with E-state index in [1.165, 1.54) is 29.3 Å². The van der Waals surface area contributed by atoms with Gasteiger partial charge in [-0.3, -0.25) is 14.9 Å². The highest BCUT2D eigenvalue weighted by atomic mass is 16.6. The average Bonchev–Trinajstić information content (AvgIpc) is 3.38. The molecule has 212 valence electrons. The number of hydrogen-bond acceptors (Lipinski definition) is 8. The SMILES string of the molecule is CN1COc2cc(Oc3cc(OC4CCOC4)cc(C(=O)N=C(N)/C=C\NC(=O)OC(C)(C)C)c3)ccc2C1=O. The first-order valence-electron chi connectivity index (χ1n) is 12.6. The standard InChI is InChI=1S/C28H32N4O8/c1-28(2,3)40-27(35)30-9-7-24(29)31-25(33)17-11-20(13-21(12-17)39-19-8-10-36-15-19)38-18-5-6-22-23(14-18)37-16-32(4)26(22)34/h5-7,9,11-14,19H,8,10,15-16H2,1-4H3,(H,30,35)(H2,29,31,33)/b9-7-. The summed E-state index contributed by atoms with van der Waals surface area (Å²) in [6, 6.07) is 9.55. The summed E-state index contributed by atoms with van der Waals surface area (Å²) in [5, 5.41) is 2.40. The number of benzene rings is 2. The summed E-state index contributed by atoms with van der Waals surface area (Å²) in [6.45, 7) is 6.35. The van der Waals surface area contributed by atoms with Gasteiger partial charge in [-0.2, -0.15) is 4.99 Å². The molecular formula is C28H32N4O8. The van der Waals surface area contributed by atoms with Crippen LogP contribution in [0.15, 0.2) is 53.7 Å². The Bertz CT molecular complexity index is 1340.